The Morgan fingerprint density at radius 2 is 0.925 bits per heavy atom. The molecule has 0 fully saturated rings. The Morgan fingerprint density at radius 3 is 1.27 bits per heavy atom. The Kier molecular flexibility index (Phi) is 13.8. The normalized spacial score (nSPS) is 10.3. The fourth-order valence-corrected chi connectivity index (χ4v) is 14.9. The molecular formula is C34H26As2Cl2FePd-6. The molecule has 0 nitrogen and oxygen atoms in total. The number of halogens is 2. The molecule has 0 amide bonds. The van der Waals surface area contributed by atoms with E-state index in [9.17, 15) is 0 Å². The van der Waals surface area contributed by atoms with Crippen LogP contribution in [0.15, 0.2) is 158 Å². The van der Waals surface area contributed by atoms with E-state index in [-0.39, 0.29) is 37.5 Å². The van der Waals surface area contributed by atoms with Crippen LogP contribution < -0.4 is 26.1 Å². The van der Waals surface area contributed by atoms with Crippen molar-refractivity contribution in [1.29, 1.82) is 0 Å². The van der Waals surface area contributed by atoms with Crippen LogP contribution in [-0.2, 0) is 37.5 Å². The summed E-state index contributed by atoms with van der Waals surface area (Å²) < 4.78 is 8.39. The van der Waals surface area contributed by atoms with Crippen LogP contribution in [0.1, 0.15) is 0 Å². The first-order valence-electron chi connectivity index (χ1n) is 12.4. The predicted octanol–water partition coefficient (Wildman–Crippen LogP) is 5.15. The molecule has 0 atom stereocenters. The minimum atomic E-state index is -1.63. The first-order chi connectivity index (χ1) is 18.7. The summed E-state index contributed by atoms with van der Waals surface area (Å²) in [5, 5.41) is 1.35. The molecule has 0 radical (unpaired) electrons. The van der Waals surface area contributed by atoms with Crippen molar-refractivity contribution < 1.29 is 37.5 Å². The predicted molar refractivity (Wildman–Crippen MR) is 169 cm³/mol. The van der Waals surface area contributed by atoms with Crippen LogP contribution in [0.3, 0.4) is 0 Å². The van der Waals surface area contributed by atoms with Gasteiger partial charge in [-0.1, -0.05) is 0 Å². The van der Waals surface area contributed by atoms with Gasteiger partial charge in [-0.05, 0) is 0 Å². The van der Waals surface area contributed by atoms with E-state index < -0.39 is 29.3 Å². The van der Waals surface area contributed by atoms with E-state index in [2.05, 4.69) is 140 Å². The minimum absolute atomic E-state index is 0. The van der Waals surface area contributed by atoms with Crippen LogP contribution in [-0.4, -0.2) is 29.3 Å². The number of rotatable bonds is 6. The van der Waals surface area contributed by atoms with Gasteiger partial charge >= 0.3 is 246 Å². The van der Waals surface area contributed by atoms with E-state index >= 15 is 0 Å². The molecule has 0 aliphatic carbocycles. The van der Waals surface area contributed by atoms with E-state index in [0.29, 0.717) is 10.0 Å². The maximum absolute atomic E-state index is 6.41. The van der Waals surface area contributed by atoms with Gasteiger partial charge in [-0.25, -0.2) is 0 Å². The third kappa shape index (κ3) is 8.27. The summed E-state index contributed by atoms with van der Waals surface area (Å²) in [4.78, 5) is 0. The molecule has 0 N–H and O–H groups in total. The van der Waals surface area contributed by atoms with E-state index in [0.717, 1.165) is 0 Å². The Morgan fingerprint density at radius 1 is 0.550 bits per heavy atom. The van der Waals surface area contributed by atoms with Crippen molar-refractivity contribution >= 4 is 78.6 Å². The summed E-state index contributed by atoms with van der Waals surface area (Å²) in [6.45, 7) is 0. The van der Waals surface area contributed by atoms with Gasteiger partial charge in [-0.2, -0.15) is 0 Å². The zero-order chi connectivity index (χ0) is 26.2. The fraction of sp³-hybridized carbons (Fsp3) is 0. The van der Waals surface area contributed by atoms with Crippen LogP contribution in [0.2, 0.25) is 10.0 Å². The van der Waals surface area contributed by atoms with Gasteiger partial charge in [0, 0.05) is 37.5 Å². The molecular weight excluding hydrogens is 791 g/mol. The fourth-order valence-electron chi connectivity index (χ4n) is 4.29. The summed E-state index contributed by atoms with van der Waals surface area (Å²) in [5.74, 6) is 0. The molecule has 0 unspecified atom stereocenters. The molecule has 0 saturated heterocycles. The van der Waals surface area contributed by atoms with Crippen LogP contribution in [0.5, 0.6) is 0 Å². The molecule has 6 heteroatoms. The van der Waals surface area contributed by atoms with Gasteiger partial charge in [0.25, 0.3) is 0 Å². The van der Waals surface area contributed by atoms with Crippen LogP contribution in [0.25, 0.3) is 0 Å². The average molecular weight is 818 g/mol. The Bertz CT molecular complexity index is 1450. The second-order valence-electron chi connectivity index (χ2n) is 8.54. The molecule has 0 aliphatic heterocycles. The van der Waals surface area contributed by atoms with E-state index in [1.807, 2.05) is 18.2 Å². The van der Waals surface area contributed by atoms with Gasteiger partial charge in [0.2, 0.25) is 0 Å². The molecule has 6 rings (SSSR count). The second kappa shape index (κ2) is 16.8. The quantitative estimate of drug-likeness (QED) is 0.162. The third-order valence-electron chi connectivity index (χ3n) is 6.02. The van der Waals surface area contributed by atoms with Gasteiger partial charge in [0.15, 0.2) is 0 Å². The molecule has 210 valence electrons. The molecule has 0 heterocycles. The van der Waals surface area contributed by atoms with Crippen molar-refractivity contribution in [2.45, 2.75) is 0 Å². The molecule has 0 saturated carbocycles. The topological polar surface area (TPSA) is 0 Å². The SMILES string of the molecule is Clc1c([As](c2ccccc2)c2ccccc2)cc[c-]1Cl.[Fe].[Pd].c1ccc([As](c2ccccc2)[c-]2[cH-][cH-][cH-][cH-]2)cc1. The molecule has 6 aromatic rings. The Labute approximate surface area is 281 Å². The molecule has 0 bridgehead atoms. The zero-order valence-corrected chi connectivity index (χ0v) is 29.3. The zero-order valence-electron chi connectivity index (χ0n) is 21.3. The van der Waals surface area contributed by atoms with Crippen LogP contribution in [0.4, 0.5) is 0 Å². The summed E-state index contributed by atoms with van der Waals surface area (Å²) in [5.41, 5.74) is 0. The summed E-state index contributed by atoms with van der Waals surface area (Å²) in [6.07, 6.45) is 0. The number of hydrogen-bond donors (Lipinski definition) is 0. The molecule has 6 aromatic carbocycles. The second-order valence-corrected chi connectivity index (χ2v) is 18.6. The van der Waals surface area contributed by atoms with Gasteiger partial charge in [-0.3, -0.25) is 0 Å². The monoisotopic (exact) mass is 816 g/mol. The average Bonchev–Trinajstić information content (AvgIpc) is 3.63. The van der Waals surface area contributed by atoms with Crippen LogP contribution >= 0.6 is 23.2 Å². The van der Waals surface area contributed by atoms with Crippen molar-refractivity contribution in [3.8, 4) is 0 Å². The third-order valence-corrected chi connectivity index (χ3v) is 17.5. The van der Waals surface area contributed by atoms with Gasteiger partial charge in [-0.15, -0.1) is 0 Å². The molecule has 0 aromatic heterocycles. The number of benzene rings is 4. The number of hydrogen-bond acceptors (Lipinski definition) is 0. The summed E-state index contributed by atoms with van der Waals surface area (Å²) >= 11 is 9.58. The van der Waals surface area contributed by atoms with Crippen LogP contribution in [0, 0.1) is 0 Å². The Hall–Kier alpha value is -1.54. The van der Waals surface area contributed by atoms with Crippen molar-refractivity contribution in [2.24, 2.45) is 0 Å². The van der Waals surface area contributed by atoms with Crippen molar-refractivity contribution in [3.63, 3.8) is 0 Å². The van der Waals surface area contributed by atoms with E-state index in [4.69, 9.17) is 23.2 Å². The molecule has 40 heavy (non-hydrogen) atoms. The maximum atomic E-state index is 6.41. The first-order valence-corrected chi connectivity index (χ1v) is 18.7. The van der Waals surface area contributed by atoms with Gasteiger partial charge < -0.3 is 0 Å². The van der Waals surface area contributed by atoms with Crippen molar-refractivity contribution in [2.75, 3.05) is 0 Å². The Balaban J connectivity index is 0.000000211. The standard InChI is InChI=1S/C17H12AsCl2.C17H14As.Fe.Pd/c19-16-12-11-15(17(16)20)18(13-7-3-1-4-8-13)14-9-5-2-6-10-14;1-3-9-15(10-4-1)18(17-13-7-8-14-17)16-11-5-2-6-12-16;;/h1-12H;1-14H;;/q-1;-5;;. The van der Waals surface area contributed by atoms with Gasteiger partial charge in [0.05, 0.1) is 0 Å². The summed E-state index contributed by atoms with van der Waals surface area (Å²) in [7, 11) is 0. The molecule has 0 spiro atoms. The van der Waals surface area contributed by atoms with Crippen molar-refractivity contribution in [3.05, 3.63) is 168 Å². The molecule has 0 aliphatic rings. The summed E-state index contributed by atoms with van der Waals surface area (Å²) in [6, 6.07) is 55.7. The van der Waals surface area contributed by atoms with Gasteiger partial charge in [0.1, 0.15) is 0 Å². The van der Waals surface area contributed by atoms with E-state index in [1.54, 1.807) is 0 Å². The van der Waals surface area contributed by atoms with E-state index in [1.165, 1.54) is 26.1 Å². The first kappa shape index (κ1) is 33.0. The van der Waals surface area contributed by atoms with Crippen molar-refractivity contribution in [1.82, 2.24) is 0 Å².